The highest BCUT2D eigenvalue weighted by atomic mass is 16.4. The Morgan fingerprint density at radius 1 is 1.18 bits per heavy atom. The predicted octanol–water partition coefficient (Wildman–Crippen LogP) is 2.72. The van der Waals surface area contributed by atoms with Gasteiger partial charge in [0.25, 0.3) is 0 Å². The van der Waals surface area contributed by atoms with Crippen LogP contribution >= 0.6 is 0 Å². The van der Waals surface area contributed by atoms with Crippen molar-refractivity contribution in [3.05, 3.63) is 47.1 Å². The highest BCUT2D eigenvalue weighted by Crippen LogP contribution is 2.18. The molecule has 0 aliphatic carbocycles. The van der Waals surface area contributed by atoms with Crippen LogP contribution in [0, 0.1) is 0 Å². The van der Waals surface area contributed by atoms with Crippen LogP contribution in [-0.2, 0) is 0 Å². The summed E-state index contributed by atoms with van der Waals surface area (Å²) in [4.78, 5) is 29.8. The topological polar surface area (TPSA) is 75.4 Å². The maximum Gasteiger partial charge on any atom is 0.360 e. The SMILES string of the molecule is O=C(Nc1ccc(-c2cccnc2)oc1=O)N1CCCCC1. The van der Waals surface area contributed by atoms with Crippen molar-refractivity contribution in [1.82, 2.24) is 9.88 Å². The lowest BCUT2D eigenvalue weighted by Crippen LogP contribution is -2.39. The number of nitrogens with zero attached hydrogens (tertiary/aromatic N) is 2. The molecule has 1 aliphatic heterocycles. The molecule has 22 heavy (non-hydrogen) atoms. The quantitative estimate of drug-likeness (QED) is 0.925. The molecule has 6 nitrogen and oxygen atoms in total. The average molecular weight is 299 g/mol. The molecule has 6 heteroatoms. The van der Waals surface area contributed by atoms with E-state index in [2.05, 4.69) is 10.3 Å². The summed E-state index contributed by atoms with van der Waals surface area (Å²) in [5, 5.41) is 2.62. The van der Waals surface area contributed by atoms with E-state index in [-0.39, 0.29) is 11.7 Å². The second kappa shape index (κ2) is 6.43. The van der Waals surface area contributed by atoms with E-state index in [1.165, 1.54) is 0 Å². The second-order valence-electron chi connectivity index (χ2n) is 5.22. The van der Waals surface area contributed by atoms with Crippen LogP contribution in [0.25, 0.3) is 11.3 Å². The fraction of sp³-hybridized carbons (Fsp3) is 0.312. The zero-order chi connectivity index (χ0) is 15.4. The standard InChI is InChI=1S/C16H17N3O3/c20-15-13(18-16(21)19-9-2-1-3-10-19)6-7-14(22-15)12-5-4-8-17-11-12/h4-8,11H,1-3,9-10H2,(H,18,21). The van der Waals surface area contributed by atoms with Gasteiger partial charge in [0.1, 0.15) is 11.4 Å². The zero-order valence-corrected chi connectivity index (χ0v) is 12.1. The maximum atomic E-state index is 12.1. The minimum absolute atomic E-state index is 0.156. The van der Waals surface area contributed by atoms with Crippen LogP contribution in [0.1, 0.15) is 19.3 Å². The summed E-state index contributed by atoms with van der Waals surface area (Å²) in [5.74, 6) is 0.425. The Morgan fingerprint density at radius 2 is 2.00 bits per heavy atom. The molecule has 2 aromatic rings. The van der Waals surface area contributed by atoms with Crippen molar-refractivity contribution in [3.63, 3.8) is 0 Å². The first kappa shape index (κ1) is 14.3. The number of carbonyl (C=O) groups is 1. The lowest BCUT2D eigenvalue weighted by molar-refractivity contribution is 0.200. The number of hydrogen-bond donors (Lipinski definition) is 1. The molecule has 2 amide bonds. The van der Waals surface area contributed by atoms with Gasteiger partial charge in [0, 0.05) is 31.0 Å². The molecule has 0 atom stereocenters. The van der Waals surface area contributed by atoms with Crippen molar-refractivity contribution in [2.75, 3.05) is 18.4 Å². The number of urea groups is 1. The minimum Gasteiger partial charge on any atom is -0.421 e. The number of anilines is 1. The molecule has 0 spiro atoms. The molecular formula is C16H17N3O3. The van der Waals surface area contributed by atoms with Crippen molar-refractivity contribution in [1.29, 1.82) is 0 Å². The van der Waals surface area contributed by atoms with Crippen molar-refractivity contribution >= 4 is 11.7 Å². The van der Waals surface area contributed by atoms with E-state index in [1.807, 2.05) is 0 Å². The Hall–Kier alpha value is -2.63. The molecule has 1 aliphatic rings. The van der Waals surface area contributed by atoms with Crippen molar-refractivity contribution in [2.45, 2.75) is 19.3 Å². The summed E-state index contributed by atoms with van der Waals surface area (Å²) in [6.07, 6.45) is 6.41. The van der Waals surface area contributed by atoms with Crippen molar-refractivity contribution < 1.29 is 9.21 Å². The molecule has 114 valence electrons. The Kier molecular flexibility index (Phi) is 4.18. The average Bonchev–Trinajstić information content (AvgIpc) is 2.58. The Labute approximate surface area is 127 Å². The van der Waals surface area contributed by atoms with Gasteiger partial charge in [-0.25, -0.2) is 9.59 Å². The highest BCUT2D eigenvalue weighted by molar-refractivity contribution is 5.89. The van der Waals surface area contributed by atoms with E-state index >= 15 is 0 Å². The molecule has 1 saturated heterocycles. The van der Waals surface area contributed by atoms with Crippen LogP contribution in [0.3, 0.4) is 0 Å². The molecule has 3 rings (SSSR count). The Balaban J connectivity index is 1.75. The zero-order valence-electron chi connectivity index (χ0n) is 12.1. The largest absolute Gasteiger partial charge is 0.421 e. The van der Waals surface area contributed by atoms with Gasteiger partial charge in [-0.05, 0) is 43.5 Å². The lowest BCUT2D eigenvalue weighted by atomic mass is 10.1. The van der Waals surface area contributed by atoms with Crippen LogP contribution in [0.15, 0.2) is 45.9 Å². The lowest BCUT2D eigenvalue weighted by Gasteiger charge is -2.26. The summed E-state index contributed by atoms with van der Waals surface area (Å²) in [6, 6.07) is 6.54. The summed E-state index contributed by atoms with van der Waals surface area (Å²) < 4.78 is 5.25. The Bertz CT molecular complexity index is 706. The van der Waals surface area contributed by atoms with Crippen LogP contribution in [0.4, 0.5) is 10.5 Å². The van der Waals surface area contributed by atoms with E-state index in [0.29, 0.717) is 11.3 Å². The third-order valence-corrected chi connectivity index (χ3v) is 3.65. The molecule has 1 fully saturated rings. The number of nitrogens with one attached hydrogen (secondary N) is 1. The van der Waals surface area contributed by atoms with E-state index < -0.39 is 5.63 Å². The van der Waals surface area contributed by atoms with E-state index in [1.54, 1.807) is 41.6 Å². The molecule has 0 saturated carbocycles. The third kappa shape index (κ3) is 3.16. The fourth-order valence-electron chi connectivity index (χ4n) is 2.46. The van der Waals surface area contributed by atoms with Crippen molar-refractivity contribution in [2.24, 2.45) is 0 Å². The van der Waals surface area contributed by atoms with Gasteiger partial charge in [0.2, 0.25) is 0 Å². The summed E-state index contributed by atoms with van der Waals surface area (Å²) in [6.45, 7) is 1.45. The van der Waals surface area contributed by atoms with Gasteiger partial charge >= 0.3 is 11.7 Å². The number of pyridine rings is 1. The number of aromatic nitrogens is 1. The van der Waals surface area contributed by atoms with Gasteiger partial charge in [-0.3, -0.25) is 4.98 Å². The maximum absolute atomic E-state index is 12.1. The number of piperidine rings is 1. The normalized spacial score (nSPS) is 14.6. The number of hydrogen-bond acceptors (Lipinski definition) is 4. The van der Waals surface area contributed by atoms with Gasteiger partial charge in [0.05, 0.1) is 0 Å². The fourth-order valence-corrected chi connectivity index (χ4v) is 2.46. The summed E-state index contributed by atoms with van der Waals surface area (Å²) >= 11 is 0. The molecule has 0 unspecified atom stereocenters. The van der Waals surface area contributed by atoms with Gasteiger partial charge in [0.15, 0.2) is 0 Å². The molecule has 3 heterocycles. The molecule has 1 N–H and O–H groups in total. The van der Waals surface area contributed by atoms with Gasteiger partial charge in [-0.15, -0.1) is 0 Å². The van der Waals surface area contributed by atoms with Crippen LogP contribution in [0.5, 0.6) is 0 Å². The molecule has 2 aromatic heterocycles. The molecule has 0 radical (unpaired) electrons. The van der Waals surface area contributed by atoms with Gasteiger partial charge in [-0.2, -0.15) is 0 Å². The van der Waals surface area contributed by atoms with E-state index in [9.17, 15) is 9.59 Å². The van der Waals surface area contributed by atoms with Crippen LogP contribution in [0.2, 0.25) is 0 Å². The molecular weight excluding hydrogens is 282 g/mol. The predicted molar refractivity (Wildman–Crippen MR) is 82.7 cm³/mol. The number of amides is 2. The first-order chi connectivity index (χ1) is 10.7. The van der Waals surface area contributed by atoms with Crippen LogP contribution in [-0.4, -0.2) is 29.0 Å². The summed E-state index contributed by atoms with van der Waals surface area (Å²) in [7, 11) is 0. The highest BCUT2D eigenvalue weighted by Gasteiger charge is 2.17. The van der Waals surface area contributed by atoms with Crippen molar-refractivity contribution in [3.8, 4) is 11.3 Å². The first-order valence-electron chi connectivity index (χ1n) is 7.34. The van der Waals surface area contributed by atoms with Gasteiger partial charge < -0.3 is 14.6 Å². The van der Waals surface area contributed by atoms with E-state index in [4.69, 9.17) is 4.42 Å². The third-order valence-electron chi connectivity index (χ3n) is 3.65. The molecule has 0 bridgehead atoms. The number of rotatable bonds is 2. The monoisotopic (exact) mass is 299 g/mol. The van der Waals surface area contributed by atoms with E-state index in [0.717, 1.165) is 32.4 Å². The summed E-state index contributed by atoms with van der Waals surface area (Å²) in [5.41, 5.74) is 0.309. The first-order valence-corrected chi connectivity index (χ1v) is 7.34. The number of carbonyl (C=O) groups excluding carboxylic acids is 1. The van der Waals surface area contributed by atoms with Crippen LogP contribution < -0.4 is 10.9 Å². The Morgan fingerprint density at radius 3 is 2.68 bits per heavy atom. The van der Waals surface area contributed by atoms with Gasteiger partial charge in [-0.1, -0.05) is 0 Å². The smallest absolute Gasteiger partial charge is 0.360 e. The minimum atomic E-state index is -0.563. The molecule has 0 aromatic carbocycles. The number of likely N-dealkylation sites (tertiary alicyclic amines) is 1. The second-order valence-corrected chi connectivity index (χ2v) is 5.22.